The summed E-state index contributed by atoms with van der Waals surface area (Å²) in [5.74, 6) is 0.476. The Morgan fingerprint density at radius 3 is 1.16 bits per heavy atom. The minimum Gasteiger partial charge on any atom is -0.317 e. The highest BCUT2D eigenvalue weighted by Crippen LogP contribution is 2.15. The number of Topliss-reactive ketones (excluding diaryl/α,β-unsaturated/α-hetero) is 1. The summed E-state index contributed by atoms with van der Waals surface area (Å²) in [5, 5.41) is 3.42. The van der Waals surface area contributed by atoms with Gasteiger partial charge in [0.05, 0.1) is 0 Å². The predicted octanol–water partition coefficient (Wildman–Crippen LogP) is 9.55. The molecule has 0 aromatic carbocycles. The van der Waals surface area contributed by atoms with E-state index in [9.17, 15) is 4.79 Å². The van der Waals surface area contributed by atoms with Gasteiger partial charge < -0.3 is 5.32 Å². The van der Waals surface area contributed by atoms with Crippen molar-refractivity contribution in [2.24, 2.45) is 0 Å². The molecule has 0 saturated carbocycles. The number of hydrogen-bond donors (Lipinski definition) is 1. The number of rotatable bonds is 27. The Bertz CT molecular complexity index is 342. The molecule has 0 radical (unpaired) electrons. The van der Waals surface area contributed by atoms with Crippen LogP contribution < -0.4 is 5.32 Å². The van der Waals surface area contributed by atoms with Crippen LogP contribution in [0.3, 0.4) is 0 Å². The van der Waals surface area contributed by atoms with Crippen LogP contribution in [0, 0.1) is 0 Å². The zero-order chi connectivity index (χ0) is 22.7. The molecule has 0 aromatic heterocycles. The van der Waals surface area contributed by atoms with Crippen molar-refractivity contribution >= 4 is 5.78 Å². The number of carbonyl (C=O) groups excluding carboxylic acids is 1. The van der Waals surface area contributed by atoms with Gasteiger partial charge in [-0.05, 0) is 32.4 Å². The summed E-state index contributed by atoms with van der Waals surface area (Å²) in [4.78, 5) is 11.9. The van der Waals surface area contributed by atoms with E-state index in [-0.39, 0.29) is 0 Å². The number of ketones is 1. The fraction of sp³-hybridized carbons (Fsp3) is 0.966. The summed E-state index contributed by atoms with van der Waals surface area (Å²) in [7, 11) is 0. The topological polar surface area (TPSA) is 29.1 Å². The molecule has 1 N–H and O–H groups in total. The van der Waals surface area contributed by atoms with E-state index in [1.807, 2.05) is 0 Å². The Labute approximate surface area is 197 Å². The molecule has 0 aliphatic rings. The van der Waals surface area contributed by atoms with Gasteiger partial charge in [-0.3, -0.25) is 4.79 Å². The van der Waals surface area contributed by atoms with Crippen LogP contribution in [-0.4, -0.2) is 18.9 Å². The van der Waals surface area contributed by atoms with Gasteiger partial charge in [0.25, 0.3) is 0 Å². The second kappa shape index (κ2) is 27.7. The number of hydrogen-bond acceptors (Lipinski definition) is 2. The molecule has 186 valence electrons. The van der Waals surface area contributed by atoms with Crippen molar-refractivity contribution in [2.75, 3.05) is 13.1 Å². The molecule has 0 rings (SSSR count). The van der Waals surface area contributed by atoms with Gasteiger partial charge in [0.1, 0.15) is 5.78 Å². The third-order valence-electron chi connectivity index (χ3n) is 6.58. The lowest BCUT2D eigenvalue weighted by molar-refractivity contribution is -0.119. The van der Waals surface area contributed by atoms with Gasteiger partial charge in [-0.15, -0.1) is 0 Å². The molecule has 0 heterocycles. The van der Waals surface area contributed by atoms with Gasteiger partial charge in [-0.25, -0.2) is 0 Å². The minimum atomic E-state index is 0.476. The van der Waals surface area contributed by atoms with E-state index >= 15 is 0 Å². The van der Waals surface area contributed by atoms with Crippen molar-refractivity contribution in [2.45, 2.75) is 168 Å². The second-order valence-electron chi connectivity index (χ2n) is 9.86. The first-order valence-corrected chi connectivity index (χ1v) is 14.5. The molecule has 0 aromatic rings. The summed E-state index contributed by atoms with van der Waals surface area (Å²) in [6.45, 7) is 6.61. The maximum absolute atomic E-state index is 11.9. The number of unbranched alkanes of at least 4 members (excludes halogenated alkanes) is 19. The molecular weight excluding hydrogens is 378 g/mol. The summed E-state index contributed by atoms with van der Waals surface area (Å²) >= 11 is 0. The maximum atomic E-state index is 11.9. The molecule has 0 amide bonds. The molecule has 0 spiro atoms. The van der Waals surface area contributed by atoms with Crippen LogP contribution >= 0.6 is 0 Å². The summed E-state index contributed by atoms with van der Waals surface area (Å²) in [6.07, 6.45) is 31.8. The summed E-state index contributed by atoms with van der Waals surface area (Å²) in [5.41, 5.74) is 0. The zero-order valence-corrected chi connectivity index (χ0v) is 21.8. The largest absolute Gasteiger partial charge is 0.317 e. The highest BCUT2D eigenvalue weighted by molar-refractivity contribution is 5.78. The van der Waals surface area contributed by atoms with Gasteiger partial charge in [-0.2, -0.15) is 0 Å². The van der Waals surface area contributed by atoms with Gasteiger partial charge >= 0.3 is 0 Å². The highest BCUT2D eigenvalue weighted by atomic mass is 16.1. The second-order valence-corrected chi connectivity index (χ2v) is 9.86. The number of carbonyl (C=O) groups is 1. The first-order chi connectivity index (χ1) is 15.3. The standard InChI is InChI=1S/C29H59NO/c1-3-5-7-8-9-10-11-12-13-14-15-16-17-18-19-20-21-22-23-25-29(31)26-24-28-30-27-6-4-2/h30H,3-28H2,1-2H3. The third-order valence-corrected chi connectivity index (χ3v) is 6.58. The molecule has 2 heteroatoms. The molecule has 0 aliphatic heterocycles. The Hall–Kier alpha value is -0.370. The van der Waals surface area contributed by atoms with Crippen LogP contribution in [0.5, 0.6) is 0 Å². The van der Waals surface area contributed by atoms with Crippen molar-refractivity contribution in [1.82, 2.24) is 5.32 Å². The van der Waals surface area contributed by atoms with Crippen molar-refractivity contribution in [3.8, 4) is 0 Å². The Kier molecular flexibility index (Phi) is 27.3. The van der Waals surface area contributed by atoms with E-state index in [1.54, 1.807) is 0 Å². The van der Waals surface area contributed by atoms with E-state index in [4.69, 9.17) is 0 Å². The first-order valence-electron chi connectivity index (χ1n) is 14.5. The fourth-order valence-electron chi connectivity index (χ4n) is 4.36. The molecule has 2 nitrogen and oxygen atoms in total. The monoisotopic (exact) mass is 437 g/mol. The lowest BCUT2D eigenvalue weighted by Gasteiger charge is -2.05. The van der Waals surface area contributed by atoms with Crippen LogP contribution in [-0.2, 0) is 4.79 Å². The molecule has 0 atom stereocenters. The number of nitrogens with one attached hydrogen (secondary N) is 1. The van der Waals surface area contributed by atoms with E-state index < -0.39 is 0 Å². The Morgan fingerprint density at radius 1 is 0.419 bits per heavy atom. The Morgan fingerprint density at radius 2 is 0.742 bits per heavy atom. The lowest BCUT2D eigenvalue weighted by atomic mass is 10.0. The van der Waals surface area contributed by atoms with Crippen molar-refractivity contribution < 1.29 is 4.79 Å². The van der Waals surface area contributed by atoms with Gasteiger partial charge in [0.2, 0.25) is 0 Å². The van der Waals surface area contributed by atoms with Crippen molar-refractivity contribution in [3.63, 3.8) is 0 Å². The van der Waals surface area contributed by atoms with E-state index in [1.165, 1.54) is 128 Å². The van der Waals surface area contributed by atoms with Crippen LogP contribution in [0.2, 0.25) is 0 Å². The quantitative estimate of drug-likeness (QED) is 0.130. The lowest BCUT2D eigenvalue weighted by Crippen LogP contribution is -2.17. The van der Waals surface area contributed by atoms with Gasteiger partial charge in [0.15, 0.2) is 0 Å². The molecule has 0 fully saturated rings. The summed E-state index contributed by atoms with van der Waals surface area (Å²) in [6, 6.07) is 0. The zero-order valence-electron chi connectivity index (χ0n) is 21.8. The molecule has 0 bridgehead atoms. The minimum absolute atomic E-state index is 0.476. The third kappa shape index (κ3) is 27.6. The fourth-order valence-corrected chi connectivity index (χ4v) is 4.36. The highest BCUT2D eigenvalue weighted by Gasteiger charge is 2.01. The molecular formula is C29H59NO. The van der Waals surface area contributed by atoms with E-state index in [0.29, 0.717) is 5.78 Å². The average molecular weight is 438 g/mol. The molecule has 0 saturated heterocycles. The van der Waals surface area contributed by atoms with Gasteiger partial charge in [0, 0.05) is 12.8 Å². The smallest absolute Gasteiger partial charge is 0.132 e. The first kappa shape index (κ1) is 30.6. The molecule has 31 heavy (non-hydrogen) atoms. The maximum Gasteiger partial charge on any atom is 0.132 e. The average Bonchev–Trinajstić information content (AvgIpc) is 2.77. The van der Waals surface area contributed by atoms with E-state index in [2.05, 4.69) is 19.2 Å². The normalized spacial score (nSPS) is 11.3. The van der Waals surface area contributed by atoms with Crippen LogP contribution in [0.4, 0.5) is 0 Å². The van der Waals surface area contributed by atoms with Gasteiger partial charge in [-0.1, -0.05) is 136 Å². The predicted molar refractivity (Wildman–Crippen MR) is 140 cm³/mol. The Balaban J connectivity index is 3.09. The SMILES string of the molecule is CCCCCCCCCCCCCCCCCCCCCC(=O)CCCNCCCC. The van der Waals surface area contributed by atoms with Crippen LogP contribution in [0.15, 0.2) is 0 Å². The van der Waals surface area contributed by atoms with Crippen molar-refractivity contribution in [3.05, 3.63) is 0 Å². The van der Waals surface area contributed by atoms with E-state index in [0.717, 1.165) is 38.8 Å². The molecule has 0 unspecified atom stereocenters. The van der Waals surface area contributed by atoms with Crippen molar-refractivity contribution in [1.29, 1.82) is 0 Å². The molecule has 0 aliphatic carbocycles. The van der Waals surface area contributed by atoms with Crippen LogP contribution in [0.25, 0.3) is 0 Å². The van der Waals surface area contributed by atoms with Crippen LogP contribution in [0.1, 0.15) is 168 Å². The summed E-state index contributed by atoms with van der Waals surface area (Å²) < 4.78 is 0.